The molecule has 0 spiro atoms. The third-order valence-electron chi connectivity index (χ3n) is 4.74. The number of hydrogen-bond donors (Lipinski definition) is 1. The van der Waals surface area contributed by atoms with E-state index in [1.54, 1.807) is 29.2 Å². The second kappa shape index (κ2) is 10.8. The first-order chi connectivity index (χ1) is 15.0. The van der Waals surface area contributed by atoms with E-state index in [0.29, 0.717) is 47.8 Å². The predicted octanol–water partition coefficient (Wildman–Crippen LogP) is 3.54. The lowest BCUT2D eigenvalue weighted by Crippen LogP contribution is -2.43. The number of rotatable bonds is 6. The third-order valence-corrected chi connectivity index (χ3v) is 5.36. The summed E-state index contributed by atoms with van der Waals surface area (Å²) in [6.07, 6.45) is 1.50. The molecule has 31 heavy (non-hydrogen) atoms. The molecule has 1 heterocycles. The zero-order valence-electron chi connectivity index (χ0n) is 17.1. The Kier molecular flexibility index (Phi) is 7.82. The molecule has 0 radical (unpaired) electrons. The lowest BCUT2D eigenvalue weighted by atomic mass is 10.1. The Morgan fingerprint density at radius 3 is 2.68 bits per heavy atom. The SMILES string of the molecule is Cc1ccccc1NC(=O)/C(C#N)=C\c1ccc(OCC(=O)N2CCOCC2)c(Br)c1. The van der Waals surface area contributed by atoms with Gasteiger partial charge in [0.2, 0.25) is 0 Å². The number of nitriles is 1. The largest absolute Gasteiger partial charge is 0.483 e. The maximum absolute atomic E-state index is 12.5. The summed E-state index contributed by atoms with van der Waals surface area (Å²) in [5.74, 6) is -0.0789. The normalized spacial score (nSPS) is 14.0. The second-order valence-electron chi connectivity index (χ2n) is 6.91. The standard InChI is InChI=1S/C23H22BrN3O4/c1-16-4-2-3-5-20(16)26-23(29)18(14-25)12-17-6-7-21(19(24)13-17)31-15-22(28)27-8-10-30-11-9-27/h2-7,12-13H,8-11,15H2,1H3,(H,26,29)/b18-12-. The van der Waals surface area contributed by atoms with Crippen LogP contribution in [0.1, 0.15) is 11.1 Å². The number of carbonyl (C=O) groups excluding carboxylic acids is 2. The predicted molar refractivity (Wildman–Crippen MR) is 120 cm³/mol. The molecule has 0 aromatic heterocycles. The number of aryl methyl sites for hydroxylation is 1. The van der Waals surface area contributed by atoms with Crippen molar-refractivity contribution < 1.29 is 19.1 Å². The molecule has 1 fully saturated rings. The van der Waals surface area contributed by atoms with Crippen LogP contribution in [0.2, 0.25) is 0 Å². The topological polar surface area (TPSA) is 91.7 Å². The van der Waals surface area contributed by atoms with Gasteiger partial charge in [-0.25, -0.2) is 0 Å². The Bertz CT molecular complexity index is 1040. The zero-order valence-corrected chi connectivity index (χ0v) is 18.6. The molecule has 0 bridgehead atoms. The van der Waals surface area contributed by atoms with E-state index < -0.39 is 5.91 Å². The summed E-state index contributed by atoms with van der Waals surface area (Å²) in [5.41, 5.74) is 2.19. The molecule has 0 aliphatic carbocycles. The van der Waals surface area contributed by atoms with Crippen molar-refractivity contribution in [3.63, 3.8) is 0 Å². The van der Waals surface area contributed by atoms with E-state index in [-0.39, 0.29) is 18.1 Å². The van der Waals surface area contributed by atoms with Gasteiger partial charge in [-0.05, 0) is 58.3 Å². The van der Waals surface area contributed by atoms with Gasteiger partial charge in [-0.15, -0.1) is 0 Å². The summed E-state index contributed by atoms with van der Waals surface area (Å²) in [7, 11) is 0. The van der Waals surface area contributed by atoms with Crippen LogP contribution in [0.3, 0.4) is 0 Å². The smallest absolute Gasteiger partial charge is 0.266 e. The number of para-hydroxylation sites is 1. The van der Waals surface area contributed by atoms with Crippen LogP contribution in [-0.4, -0.2) is 49.6 Å². The number of morpholine rings is 1. The number of hydrogen-bond acceptors (Lipinski definition) is 5. The molecule has 1 aliphatic heterocycles. The highest BCUT2D eigenvalue weighted by molar-refractivity contribution is 9.10. The average Bonchev–Trinajstić information content (AvgIpc) is 2.78. The lowest BCUT2D eigenvalue weighted by Gasteiger charge is -2.26. The fourth-order valence-electron chi connectivity index (χ4n) is 2.99. The highest BCUT2D eigenvalue weighted by Gasteiger charge is 2.18. The number of nitrogens with one attached hydrogen (secondary N) is 1. The quantitative estimate of drug-likeness (QED) is 0.501. The monoisotopic (exact) mass is 483 g/mol. The van der Waals surface area contributed by atoms with E-state index in [2.05, 4.69) is 21.2 Å². The van der Waals surface area contributed by atoms with Crippen LogP contribution in [0, 0.1) is 18.3 Å². The van der Waals surface area contributed by atoms with Gasteiger partial charge in [0, 0.05) is 18.8 Å². The number of nitrogens with zero attached hydrogens (tertiary/aromatic N) is 2. The molecule has 0 saturated carbocycles. The van der Waals surface area contributed by atoms with Gasteiger partial charge in [-0.1, -0.05) is 24.3 Å². The molecule has 0 atom stereocenters. The molecular weight excluding hydrogens is 462 g/mol. The van der Waals surface area contributed by atoms with Crippen molar-refractivity contribution in [1.82, 2.24) is 4.90 Å². The third kappa shape index (κ3) is 6.17. The van der Waals surface area contributed by atoms with Gasteiger partial charge < -0.3 is 19.7 Å². The van der Waals surface area contributed by atoms with Gasteiger partial charge in [0.05, 0.1) is 17.7 Å². The van der Waals surface area contributed by atoms with Gasteiger partial charge in [-0.3, -0.25) is 9.59 Å². The second-order valence-corrected chi connectivity index (χ2v) is 7.76. The Morgan fingerprint density at radius 1 is 1.26 bits per heavy atom. The molecule has 0 unspecified atom stereocenters. The fourth-order valence-corrected chi connectivity index (χ4v) is 3.50. The van der Waals surface area contributed by atoms with Gasteiger partial charge in [0.25, 0.3) is 11.8 Å². The molecule has 8 heteroatoms. The van der Waals surface area contributed by atoms with Crippen molar-refractivity contribution >= 4 is 39.5 Å². The maximum atomic E-state index is 12.5. The summed E-state index contributed by atoms with van der Waals surface area (Å²) in [4.78, 5) is 26.4. The molecule has 1 aliphatic rings. The van der Waals surface area contributed by atoms with Crippen LogP contribution < -0.4 is 10.1 Å². The molecule has 2 aromatic carbocycles. The number of carbonyl (C=O) groups is 2. The van der Waals surface area contributed by atoms with Crippen molar-refractivity contribution in [2.24, 2.45) is 0 Å². The van der Waals surface area contributed by atoms with Crippen molar-refractivity contribution in [2.75, 3.05) is 38.2 Å². The number of amides is 2. The Hall–Kier alpha value is -3.15. The molecule has 2 aromatic rings. The molecule has 1 saturated heterocycles. The minimum atomic E-state index is -0.482. The van der Waals surface area contributed by atoms with Crippen molar-refractivity contribution in [1.29, 1.82) is 5.26 Å². The van der Waals surface area contributed by atoms with Crippen LogP contribution in [0.15, 0.2) is 52.5 Å². The highest BCUT2D eigenvalue weighted by Crippen LogP contribution is 2.27. The Morgan fingerprint density at radius 2 is 2.00 bits per heavy atom. The number of benzene rings is 2. The van der Waals surface area contributed by atoms with Gasteiger partial charge in [-0.2, -0.15) is 5.26 Å². The molecule has 1 N–H and O–H groups in total. The van der Waals surface area contributed by atoms with E-state index in [4.69, 9.17) is 9.47 Å². The van der Waals surface area contributed by atoms with Crippen molar-refractivity contribution in [2.45, 2.75) is 6.92 Å². The van der Waals surface area contributed by atoms with Crippen LogP contribution in [-0.2, 0) is 14.3 Å². The molecule has 7 nitrogen and oxygen atoms in total. The summed E-state index contributed by atoms with van der Waals surface area (Å²) >= 11 is 3.42. The van der Waals surface area contributed by atoms with Crippen molar-refractivity contribution in [3.05, 3.63) is 63.6 Å². The summed E-state index contributed by atoms with van der Waals surface area (Å²) < 4.78 is 11.5. The molecule has 2 amide bonds. The Labute approximate surface area is 189 Å². The zero-order chi connectivity index (χ0) is 22.2. The molecule has 160 valence electrons. The minimum absolute atomic E-state index is 0.0219. The van der Waals surface area contributed by atoms with Gasteiger partial charge >= 0.3 is 0 Å². The van der Waals surface area contributed by atoms with E-state index in [1.807, 2.05) is 31.2 Å². The number of ether oxygens (including phenoxy) is 2. The summed E-state index contributed by atoms with van der Waals surface area (Å²) in [5, 5.41) is 12.2. The first kappa shape index (κ1) is 22.5. The van der Waals surface area contributed by atoms with E-state index >= 15 is 0 Å². The lowest BCUT2D eigenvalue weighted by molar-refractivity contribution is -0.137. The first-order valence-electron chi connectivity index (χ1n) is 9.74. The number of halogens is 1. The van der Waals surface area contributed by atoms with Gasteiger partial charge in [0.1, 0.15) is 17.4 Å². The summed E-state index contributed by atoms with van der Waals surface area (Å²) in [6.45, 7) is 4.01. The number of anilines is 1. The first-order valence-corrected chi connectivity index (χ1v) is 10.5. The van der Waals surface area contributed by atoms with Crippen LogP contribution in [0.4, 0.5) is 5.69 Å². The van der Waals surface area contributed by atoms with Crippen LogP contribution in [0.5, 0.6) is 5.75 Å². The average molecular weight is 484 g/mol. The Balaban J connectivity index is 1.65. The van der Waals surface area contributed by atoms with Crippen LogP contribution in [0.25, 0.3) is 6.08 Å². The fraction of sp³-hybridized carbons (Fsp3) is 0.261. The van der Waals surface area contributed by atoms with E-state index in [1.165, 1.54) is 6.08 Å². The van der Waals surface area contributed by atoms with Crippen molar-refractivity contribution in [3.8, 4) is 11.8 Å². The van der Waals surface area contributed by atoms with Crippen LogP contribution >= 0.6 is 15.9 Å². The minimum Gasteiger partial charge on any atom is -0.483 e. The van der Waals surface area contributed by atoms with Gasteiger partial charge in [0.15, 0.2) is 6.61 Å². The highest BCUT2D eigenvalue weighted by atomic mass is 79.9. The molecular formula is C23H22BrN3O4. The maximum Gasteiger partial charge on any atom is 0.266 e. The van der Waals surface area contributed by atoms with E-state index in [0.717, 1.165) is 5.56 Å². The van der Waals surface area contributed by atoms with E-state index in [9.17, 15) is 14.9 Å². The molecule has 3 rings (SSSR count). The summed E-state index contributed by atoms with van der Waals surface area (Å²) in [6, 6.07) is 14.4.